The summed E-state index contributed by atoms with van der Waals surface area (Å²) < 4.78 is 44.7. The van der Waals surface area contributed by atoms with Crippen LogP contribution in [0.2, 0.25) is 0 Å². The predicted molar refractivity (Wildman–Crippen MR) is 56.1 cm³/mol. The Morgan fingerprint density at radius 2 is 2.12 bits per heavy atom. The van der Waals surface area contributed by atoms with Crippen LogP contribution in [0.15, 0.2) is 28.7 Å². The van der Waals surface area contributed by atoms with Crippen LogP contribution in [0.4, 0.5) is 23.7 Å². The SMILES string of the molecule is COC(=O)N(N=S)c1cccc(C(F)(F)F)c1. The molecule has 0 heterocycles. The molecule has 0 unspecified atom stereocenters. The molecule has 8 heteroatoms. The van der Waals surface area contributed by atoms with Gasteiger partial charge in [0.25, 0.3) is 0 Å². The third-order valence-electron chi connectivity index (χ3n) is 1.85. The Balaban J connectivity index is 3.14. The van der Waals surface area contributed by atoms with Gasteiger partial charge in [-0.1, -0.05) is 10.5 Å². The fourth-order valence-electron chi connectivity index (χ4n) is 1.09. The summed E-state index contributed by atoms with van der Waals surface area (Å²) in [6.45, 7) is 0. The van der Waals surface area contributed by atoms with Crippen LogP contribution < -0.4 is 5.01 Å². The van der Waals surface area contributed by atoms with Gasteiger partial charge in [-0.05, 0) is 18.2 Å². The summed E-state index contributed by atoms with van der Waals surface area (Å²) in [5, 5.41) is 0.560. The lowest BCUT2D eigenvalue weighted by atomic mass is 10.2. The third-order valence-corrected chi connectivity index (χ3v) is 2.01. The summed E-state index contributed by atoms with van der Waals surface area (Å²) in [6.07, 6.45) is -5.46. The van der Waals surface area contributed by atoms with Gasteiger partial charge in [0.05, 0.1) is 30.8 Å². The monoisotopic (exact) mass is 264 g/mol. The van der Waals surface area contributed by atoms with Crippen molar-refractivity contribution < 1.29 is 22.7 Å². The van der Waals surface area contributed by atoms with E-state index >= 15 is 0 Å². The first-order valence-electron chi connectivity index (χ1n) is 4.28. The molecule has 0 fully saturated rings. The first-order valence-corrected chi connectivity index (χ1v) is 4.65. The number of carbonyl (C=O) groups is 1. The van der Waals surface area contributed by atoms with Crippen molar-refractivity contribution in [1.82, 2.24) is 0 Å². The molecule has 0 aliphatic heterocycles. The van der Waals surface area contributed by atoms with E-state index < -0.39 is 17.8 Å². The quantitative estimate of drug-likeness (QED) is 0.771. The number of methoxy groups -OCH3 is 1. The molecule has 0 aliphatic rings. The van der Waals surface area contributed by atoms with Crippen LogP contribution in [0.25, 0.3) is 0 Å². The standard InChI is InChI=1S/C9H7F3N2O2S/c1-16-8(15)14(13-17)7-4-2-3-6(5-7)9(10,11)12/h2-5H,1H3. The first-order chi connectivity index (χ1) is 7.90. The van der Waals surface area contributed by atoms with Crippen LogP contribution >= 0.6 is 0 Å². The number of benzene rings is 1. The highest BCUT2D eigenvalue weighted by molar-refractivity contribution is 7.47. The number of hydrogen-bond donors (Lipinski definition) is 0. The number of rotatable bonds is 2. The Bertz CT molecular complexity index is 436. The van der Waals surface area contributed by atoms with Gasteiger partial charge in [0.15, 0.2) is 0 Å². The van der Waals surface area contributed by atoms with Gasteiger partial charge in [0, 0.05) is 0 Å². The van der Waals surface area contributed by atoms with Gasteiger partial charge in [-0.25, -0.2) is 4.79 Å². The Morgan fingerprint density at radius 3 is 2.59 bits per heavy atom. The molecular weight excluding hydrogens is 257 g/mol. The molecule has 4 nitrogen and oxygen atoms in total. The minimum atomic E-state index is -4.50. The van der Waals surface area contributed by atoms with Crippen molar-refractivity contribution in [3.05, 3.63) is 29.8 Å². The van der Waals surface area contributed by atoms with Crippen LogP contribution in [-0.2, 0) is 23.3 Å². The van der Waals surface area contributed by atoms with E-state index in [1.807, 2.05) is 0 Å². The van der Waals surface area contributed by atoms with Crippen molar-refractivity contribution in [2.45, 2.75) is 6.18 Å². The predicted octanol–water partition coefficient (Wildman–Crippen LogP) is 2.92. The summed E-state index contributed by atoms with van der Waals surface area (Å²) >= 11 is 4.30. The topological polar surface area (TPSA) is 41.9 Å². The van der Waals surface area contributed by atoms with Crippen LogP contribution in [0, 0.1) is 0 Å². The molecule has 0 aliphatic carbocycles. The van der Waals surface area contributed by atoms with E-state index in [4.69, 9.17) is 0 Å². The molecule has 92 valence electrons. The maximum Gasteiger partial charge on any atom is 0.435 e. The molecule has 0 atom stereocenters. The van der Waals surface area contributed by atoms with Crippen molar-refractivity contribution in [1.29, 1.82) is 0 Å². The highest BCUT2D eigenvalue weighted by atomic mass is 32.1. The maximum atomic E-state index is 12.4. The normalized spacial score (nSPS) is 10.8. The summed E-state index contributed by atoms with van der Waals surface area (Å²) in [6, 6.07) is 4.05. The second kappa shape index (κ2) is 5.09. The average Bonchev–Trinajstić information content (AvgIpc) is 2.29. The highest BCUT2D eigenvalue weighted by Gasteiger charge is 2.31. The van der Waals surface area contributed by atoms with Crippen LogP contribution in [-0.4, -0.2) is 13.2 Å². The minimum absolute atomic E-state index is 0.110. The Hall–Kier alpha value is -1.70. The molecule has 0 spiro atoms. The molecule has 1 aromatic rings. The number of hydrogen-bond acceptors (Lipinski definition) is 4. The Morgan fingerprint density at radius 1 is 1.47 bits per heavy atom. The van der Waals surface area contributed by atoms with E-state index in [2.05, 4.69) is 21.6 Å². The van der Waals surface area contributed by atoms with Gasteiger partial charge < -0.3 is 4.74 Å². The number of amides is 1. The lowest BCUT2D eigenvalue weighted by Crippen LogP contribution is -2.24. The number of halogens is 3. The van der Waals surface area contributed by atoms with E-state index in [9.17, 15) is 18.0 Å². The molecule has 17 heavy (non-hydrogen) atoms. The number of anilines is 1. The van der Waals surface area contributed by atoms with E-state index in [0.717, 1.165) is 25.3 Å². The number of ether oxygens (including phenoxy) is 1. The van der Waals surface area contributed by atoms with E-state index in [0.29, 0.717) is 5.01 Å². The van der Waals surface area contributed by atoms with Gasteiger partial charge in [-0.3, -0.25) is 0 Å². The minimum Gasteiger partial charge on any atom is -0.451 e. The van der Waals surface area contributed by atoms with Crippen molar-refractivity contribution >= 4 is 24.2 Å². The van der Waals surface area contributed by atoms with E-state index in [-0.39, 0.29) is 5.69 Å². The van der Waals surface area contributed by atoms with Crippen molar-refractivity contribution in [3.8, 4) is 0 Å². The third kappa shape index (κ3) is 3.13. The fourth-order valence-corrected chi connectivity index (χ4v) is 1.25. The van der Waals surface area contributed by atoms with Crippen LogP contribution in [0.3, 0.4) is 0 Å². The molecule has 1 amide bonds. The fraction of sp³-hybridized carbons (Fsp3) is 0.222. The van der Waals surface area contributed by atoms with Gasteiger partial charge >= 0.3 is 12.3 Å². The van der Waals surface area contributed by atoms with E-state index in [1.54, 1.807) is 0 Å². The number of alkyl halides is 3. The zero-order chi connectivity index (χ0) is 13.1. The molecule has 0 aromatic heterocycles. The smallest absolute Gasteiger partial charge is 0.435 e. The molecule has 0 radical (unpaired) electrons. The molecule has 0 bridgehead atoms. The number of nitrogens with zero attached hydrogens (tertiary/aromatic N) is 2. The van der Waals surface area contributed by atoms with Gasteiger partial charge in [0.2, 0.25) is 0 Å². The average molecular weight is 264 g/mol. The zero-order valence-corrected chi connectivity index (χ0v) is 9.38. The summed E-state index contributed by atoms with van der Waals surface area (Å²) in [5.41, 5.74) is -1.01. The summed E-state index contributed by atoms with van der Waals surface area (Å²) in [7, 11) is 1.07. The van der Waals surface area contributed by atoms with Gasteiger partial charge in [-0.15, -0.1) is 0 Å². The molecule has 1 aromatic carbocycles. The summed E-state index contributed by atoms with van der Waals surface area (Å²) in [5.74, 6) is 0. The lowest BCUT2D eigenvalue weighted by molar-refractivity contribution is -0.137. The van der Waals surface area contributed by atoms with E-state index in [1.165, 1.54) is 6.07 Å². The maximum absolute atomic E-state index is 12.4. The molecule has 0 saturated carbocycles. The van der Waals surface area contributed by atoms with Gasteiger partial charge in [-0.2, -0.15) is 18.2 Å². The first kappa shape index (κ1) is 13.4. The Kier molecular flexibility index (Phi) is 4.00. The van der Waals surface area contributed by atoms with Crippen LogP contribution in [0.5, 0.6) is 0 Å². The lowest BCUT2D eigenvalue weighted by Gasteiger charge is -2.15. The van der Waals surface area contributed by atoms with Crippen LogP contribution in [0.1, 0.15) is 5.56 Å². The molecular formula is C9H7F3N2O2S. The Labute approximate surface area is 100 Å². The highest BCUT2D eigenvalue weighted by Crippen LogP contribution is 2.31. The number of carbonyl (C=O) groups excluding carboxylic acids is 1. The molecule has 1 rings (SSSR count). The largest absolute Gasteiger partial charge is 0.451 e. The van der Waals surface area contributed by atoms with Crippen molar-refractivity contribution in [3.63, 3.8) is 0 Å². The summed E-state index contributed by atoms with van der Waals surface area (Å²) in [4.78, 5) is 11.2. The van der Waals surface area contributed by atoms with Crippen molar-refractivity contribution in [2.75, 3.05) is 12.1 Å². The molecule has 0 saturated heterocycles. The second-order valence-corrected chi connectivity index (χ2v) is 3.07. The molecule has 0 N–H and O–H groups in total. The zero-order valence-electron chi connectivity index (χ0n) is 8.56. The second-order valence-electron chi connectivity index (χ2n) is 2.91. The van der Waals surface area contributed by atoms with Crippen molar-refractivity contribution in [2.24, 2.45) is 4.47 Å². The van der Waals surface area contributed by atoms with Gasteiger partial charge in [0.1, 0.15) is 0 Å².